The zero-order valence-electron chi connectivity index (χ0n) is 17.4. The highest BCUT2D eigenvalue weighted by Gasteiger charge is 2.40. The molecule has 2 aromatic carbocycles. The van der Waals surface area contributed by atoms with Crippen LogP contribution >= 0.6 is 0 Å². The summed E-state index contributed by atoms with van der Waals surface area (Å²) in [6, 6.07) is 5.94. The maximum absolute atomic E-state index is 14.4. The number of alkyl halides is 3. The monoisotopic (exact) mass is 459 g/mol. The predicted molar refractivity (Wildman–Crippen MR) is 111 cm³/mol. The summed E-state index contributed by atoms with van der Waals surface area (Å²) in [5, 5.41) is 0. The van der Waals surface area contributed by atoms with E-state index in [1.165, 1.54) is 11.9 Å². The minimum Gasteiger partial charge on any atom is -0.488 e. The number of nitrogen functional groups attached to an aromatic ring is 1. The number of aryl methyl sites for hydroxylation is 1. The lowest BCUT2D eigenvalue weighted by Crippen LogP contribution is -2.32. The van der Waals surface area contributed by atoms with Crippen molar-refractivity contribution in [3.63, 3.8) is 0 Å². The number of likely N-dealkylation sites (N-methyl/N-ethyl adjacent to an activating group) is 1. The van der Waals surface area contributed by atoms with Gasteiger partial charge in [0.2, 0.25) is 0 Å². The number of ether oxygens (including phenoxy) is 1. The van der Waals surface area contributed by atoms with Gasteiger partial charge < -0.3 is 15.4 Å². The number of amides is 1. The molecule has 4 aromatic rings. The number of nitrogens with zero attached hydrogens (tertiary/aromatic N) is 4. The van der Waals surface area contributed by atoms with Crippen LogP contribution in [-0.4, -0.2) is 38.8 Å². The van der Waals surface area contributed by atoms with E-state index in [4.69, 9.17) is 10.5 Å². The molecule has 1 aliphatic rings. The summed E-state index contributed by atoms with van der Waals surface area (Å²) >= 11 is 0. The molecule has 0 saturated heterocycles. The van der Waals surface area contributed by atoms with Gasteiger partial charge >= 0.3 is 6.18 Å². The van der Waals surface area contributed by atoms with Gasteiger partial charge in [-0.3, -0.25) is 9.20 Å². The summed E-state index contributed by atoms with van der Waals surface area (Å²) in [5.74, 6) is -1.41. The van der Waals surface area contributed by atoms with Crippen molar-refractivity contribution in [1.29, 1.82) is 0 Å². The first-order valence-electron chi connectivity index (χ1n) is 9.90. The Kier molecular flexibility index (Phi) is 4.49. The quantitative estimate of drug-likeness (QED) is 0.456. The summed E-state index contributed by atoms with van der Waals surface area (Å²) in [6.45, 7) is 1.63. The number of carbonyl (C=O) groups excluding carboxylic acids is 1. The molecule has 0 bridgehead atoms. The van der Waals surface area contributed by atoms with Gasteiger partial charge in [0.1, 0.15) is 23.8 Å². The number of halogens is 4. The molecule has 2 aromatic heterocycles. The highest BCUT2D eigenvalue weighted by atomic mass is 19.4. The van der Waals surface area contributed by atoms with Crippen molar-refractivity contribution in [3.05, 3.63) is 64.9 Å². The summed E-state index contributed by atoms with van der Waals surface area (Å²) in [6.07, 6.45) is -3.25. The van der Waals surface area contributed by atoms with Crippen LogP contribution in [0.4, 0.5) is 23.4 Å². The van der Waals surface area contributed by atoms with Gasteiger partial charge in [-0.15, -0.1) is 0 Å². The van der Waals surface area contributed by atoms with Gasteiger partial charge in [0.05, 0.1) is 28.8 Å². The molecule has 0 aliphatic carbocycles. The van der Waals surface area contributed by atoms with E-state index in [0.717, 1.165) is 6.07 Å². The summed E-state index contributed by atoms with van der Waals surface area (Å²) in [4.78, 5) is 23.2. The number of carbonyl (C=O) groups is 1. The predicted octanol–water partition coefficient (Wildman–Crippen LogP) is 4.14. The van der Waals surface area contributed by atoms with Crippen LogP contribution in [0.15, 0.2) is 36.5 Å². The van der Waals surface area contributed by atoms with E-state index in [1.54, 1.807) is 35.7 Å². The standard InChI is InChI=1S/C22H17F4N5O2/c1-10-28-8-16-20(27)29-14-6-3-11(7-15(14)31(10)16)21(32)30(2)17-9-33-19-12(17)4-5-13(18(19)23)22(24,25)26/h3-8,17H,9H2,1-2H3,(H2,27,29)/t17-/m1/s1. The molecule has 11 heteroatoms. The molecule has 2 N–H and O–H groups in total. The van der Waals surface area contributed by atoms with E-state index < -0.39 is 35.3 Å². The number of hydrogen-bond acceptors (Lipinski definition) is 5. The topological polar surface area (TPSA) is 85.8 Å². The second-order valence-corrected chi connectivity index (χ2v) is 7.81. The van der Waals surface area contributed by atoms with Crippen LogP contribution in [0.1, 0.15) is 33.4 Å². The molecule has 0 spiro atoms. The van der Waals surface area contributed by atoms with Crippen molar-refractivity contribution in [2.75, 3.05) is 19.4 Å². The highest BCUT2D eigenvalue weighted by molar-refractivity contribution is 5.98. The Hall–Kier alpha value is -3.89. The van der Waals surface area contributed by atoms with E-state index >= 15 is 0 Å². The molecule has 0 fully saturated rings. The second kappa shape index (κ2) is 7.06. The van der Waals surface area contributed by atoms with Crippen LogP contribution in [0.2, 0.25) is 0 Å². The first kappa shape index (κ1) is 21.0. The van der Waals surface area contributed by atoms with Gasteiger partial charge in [-0.1, -0.05) is 6.07 Å². The van der Waals surface area contributed by atoms with Gasteiger partial charge in [0.25, 0.3) is 5.91 Å². The Morgan fingerprint density at radius 3 is 2.73 bits per heavy atom. The minimum absolute atomic E-state index is 0.160. The number of rotatable bonds is 2. The molecule has 7 nitrogen and oxygen atoms in total. The number of fused-ring (bicyclic) bond motifs is 4. The maximum Gasteiger partial charge on any atom is 0.419 e. The van der Waals surface area contributed by atoms with Crippen LogP contribution in [0.3, 0.4) is 0 Å². The lowest BCUT2D eigenvalue weighted by Gasteiger charge is -2.24. The number of hydrogen-bond donors (Lipinski definition) is 1. The molecule has 0 saturated carbocycles. The van der Waals surface area contributed by atoms with Crippen molar-refractivity contribution in [3.8, 4) is 5.75 Å². The van der Waals surface area contributed by atoms with Crippen LogP contribution in [-0.2, 0) is 6.18 Å². The van der Waals surface area contributed by atoms with Crippen LogP contribution in [0.25, 0.3) is 16.6 Å². The average Bonchev–Trinajstić information content (AvgIpc) is 3.37. The normalized spacial score (nSPS) is 15.6. The summed E-state index contributed by atoms with van der Waals surface area (Å²) in [5.41, 5.74) is 6.88. The zero-order valence-corrected chi connectivity index (χ0v) is 17.4. The molecule has 1 aliphatic heterocycles. The van der Waals surface area contributed by atoms with Crippen molar-refractivity contribution in [2.45, 2.75) is 19.1 Å². The molecule has 1 atom stereocenters. The molecule has 0 radical (unpaired) electrons. The third-order valence-corrected chi connectivity index (χ3v) is 5.87. The van der Waals surface area contributed by atoms with Crippen LogP contribution < -0.4 is 10.5 Å². The molecule has 0 unspecified atom stereocenters. The average molecular weight is 459 g/mol. The molecule has 170 valence electrons. The first-order valence-corrected chi connectivity index (χ1v) is 9.90. The fourth-order valence-electron chi connectivity index (χ4n) is 4.16. The molecule has 1 amide bonds. The van der Waals surface area contributed by atoms with Crippen LogP contribution in [0, 0.1) is 12.7 Å². The minimum atomic E-state index is -4.85. The maximum atomic E-state index is 14.4. The van der Waals surface area contributed by atoms with Gasteiger partial charge in [0.15, 0.2) is 11.6 Å². The van der Waals surface area contributed by atoms with Crippen molar-refractivity contribution in [2.24, 2.45) is 0 Å². The highest BCUT2D eigenvalue weighted by Crippen LogP contribution is 2.43. The smallest absolute Gasteiger partial charge is 0.419 e. The lowest BCUT2D eigenvalue weighted by molar-refractivity contribution is -0.140. The molecule has 33 heavy (non-hydrogen) atoms. The van der Waals surface area contributed by atoms with E-state index in [9.17, 15) is 22.4 Å². The van der Waals surface area contributed by atoms with Crippen LogP contribution in [0.5, 0.6) is 5.75 Å². The first-order chi connectivity index (χ1) is 15.6. The lowest BCUT2D eigenvalue weighted by atomic mass is 10.0. The van der Waals surface area contributed by atoms with Gasteiger partial charge in [-0.2, -0.15) is 13.2 Å². The molecular weight excluding hydrogens is 442 g/mol. The fraction of sp³-hybridized carbons (Fsp3) is 0.227. The summed E-state index contributed by atoms with van der Waals surface area (Å²) in [7, 11) is 1.49. The second-order valence-electron chi connectivity index (χ2n) is 7.81. The van der Waals surface area contributed by atoms with E-state index in [1.807, 2.05) is 0 Å². The number of imidazole rings is 1. The molecular formula is C22H17F4N5O2. The summed E-state index contributed by atoms with van der Waals surface area (Å²) < 4.78 is 60.5. The third kappa shape index (κ3) is 3.14. The number of anilines is 1. The fourth-order valence-corrected chi connectivity index (χ4v) is 4.16. The molecule has 3 heterocycles. The van der Waals surface area contributed by atoms with Crippen molar-refractivity contribution >= 4 is 28.3 Å². The Morgan fingerprint density at radius 1 is 1.24 bits per heavy atom. The van der Waals surface area contributed by atoms with E-state index in [0.29, 0.717) is 39.8 Å². The largest absolute Gasteiger partial charge is 0.488 e. The number of nitrogens with two attached hydrogens (primary N) is 1. The van der Waals surface area contributed by atoms with Gasteiger partial charge in [0, 0.05) is 18.2 Å². The Labute approximate surface area is 184 Å². The van der Waals surface area contributed by atoms with Gasteiger partial charge in [-0.05, 0) is 31.2 Å². The number of aromatic nitrogens is 3. The van der Waals surface area contributed by atoms with Crippen molar-refractivity contribution in [1.82, 2.24) is 19.3 Å². The van der Waals surface area contributed by atoms with E-state index in [2.05, 4.69) is 9.97 Å². The van der Waals surface area contributed by atoms with Gasteiger partial charge in [-0.25, -0.2) is 14.4 Å². The third-order valence-electron chi connectivity index (χ3n) is 5.87. The Balaban J connectivity index is 1.53. The van der Waals surface area contributed by atoms with Crippen molar-refractivity contribution < 1.29 is 27.1 Å². The van der Waals surface area contributed by atoms with E-state index in [-0.39, 0.29) is 12.2 Å². The number of benzene rings is 2. The molecule has 5 rings (SSSR count). The zero-order chi connectivity index (χ0) is 23.7. The Bertz CT molecular complexity index is 1450. The Morgan fingerprint density at radius 2 is 2.00 bits per heavy atom. The SMILES string of the molecule is Cc1ncc2c(N)nc3ccc(C(=O)N(C)[C@@H]4COc5c4ccc(C(F)(F)F)c5F)cc3n12.